The number of rotatable bonds is 6. The third-order valence-electron chi connectivity index (χ3n) is 5.27. The Morgan fingerprint density at radius 3 is 2.41 bits per heavy atom. The third kappa shape index (κ3) is 4.34. The minimum Gasteiger partial charge on any atom is -0.497 e. The van der Waals surface area contributed by atoms with Gasteiger partial charge in [0.25, 0.3) is 0 Å². The molecule has 2 unspecified atom stereocenters. The highest BCUT2D eigenvalue weighted by atomic mass is 16.5. The summed E-state index contributed by atoms with van der Waals surface area (Å²) in [5.41, 5.74) is 3.72. The Bertz CT molecular complexity index is 927. The topological polar surface area (TPSA) is 61.8 Å². The number of aryl methyl sites for hydroxylation is 1. The highest BCUT2D eigenvalue weighted by Gasteiger charge is 2.40. The summed E-state index contributed by atoms with van der Waals surface area (Å²) in [4.78, 5) is 25.6. The number of ether oxygens (including phenoxy) is 3. The molecule has 0 amide bonds. The number of carbonyl (C=O) groups is 2. The van der Waals surface area contributed by atoms with Crippen LogP contribution in [0.1, 0.15) is 36.0 Å². The monoisotopic (exact) mass is 394 g/mol. The van der Waals surface area contributed by atoms with E-state index in [2.05, 4.69) is 0 Å². The molecule has 2 aromatic carbocycles. The number of ketones is 1. The molecule has 0 spiro atoms. The fourth-order valence-electron chi connectivity index (χ4n) is 3.76. The van der Waals surface area contributed by atoms with Gasteiger partial charge in [-0.05, 0) is 49.6 Å². The van der Waals surface area contributed by atoms with Crippen LogP contribution in [0.15, 0.2) is 48.5 Å². The molecule has 0 aromatic heterocycles. The summed E-state index contributed by atoms with van der Waals surface area (Å²) >= 11 is 0. The molecule has 0 saturated heterocycles. The predicted molar refractivity (Wildman–Crippen MR) is 111 cm³/mol. The number of allylic oxidation sites excluding steroid dienone is 2. The Morgan fingerprint density at radius 1 is 1.07 bits per heavy atom. The third-order valence-corrected chi connectivity index (χ3v) is 5.27. The van der Waals surface area contributed by atoms with Gasteiger partial charge in [-0.15, -0.1) is 0 Å². The van der Waals surface area contributed by atoms with Gasteiger partial charge < -0.3 is 14.2 Å². The molecule has 0 fully saturated rings. The van der Waals surface area contributed by atoms with E-state index in [0.717, 1.165) is 22.3 Å². The summed E-state index contributed by atoms with van der Waals surface area (Å²) in [7, 11) is 3.18. The van der Waals surface area contributed by atoms with E-state index in [9.17, 15) is 9.59 Å². The van der Waals surface area contributed by atoms with E-state index in [-0.39, 0.29) is 18.3 Å². The average Bonchev–Trinajstić information content (AvgIpc) is 2.73. The Hall–Kier alpha value is -3.08. The van der Waals surface area contributed by atoms with Crippen molar-refractivity contribution in [2.75, 3.05) is 20.8 Å². The van der Waals surface area contributed by atoms with Crippen molar-refractivity contribution >= 4 is 17.3 Å². The van der Waals surface area contributed by atoms with Gasteiger partial charge in [0.05, 0.1) is 20.8 Å². The van der Waals surface area contributed by atoms with E-state index in [1.165, 1.54) is 0 Å². The van der Waals surface area contributed by atoms with E-state index in [1.54, 1.807) is 33.3 Å². The molecular formula is C24H26O5. The lowest BCUT2D eigenvalue weighted by Gasteiger charge is -2.30. The van der Waals surface area contributed by atoms with Gasteiger partial charge in [-0.25, -0.2) is 0 Å². The number of methoxy groups -OCH3 is 2. The number of hydrogen-bond donors (Lipinski definition) is 0. The van der Waals surface area contributed by atoms with Crippen molar-refractivity contribution in [1.82, 2.24) is 0 Å². The lowest BCUT2D eigenvalue weighted by molar-refractivity contribution is -0.151. The summed E-state index contributed by atoms with van der Waals surface area (Å²) in [5.74, 6) is -0.554. The van der Waals surface area contributed by atoms with Crippen molar-refractivity contribution in [2.45, 2.75) is 26.2 Å². The smallest absolute Gasteiger partial charge is 0.317 e. The fourth-order valence-corrected chi connectivity index (χ4v) is 3.76. The standard InChI is InChI=1S/C24H26O5/c1-5-29-24(26)23-20(16-8-6-15(2)7-9-16)12-17(13-21(23)25)19-11-10-18(27-3)14-22(19)28-4/h6-11,13-14,20,23H,5,12H2,1-4H3. The molecule has 0 saturated carbocycles. The SMILES string of the molecule is CCOC(=O)C1C(=O)C=C(c2ccc(OC)cc2OC)CC1c1ccc(C)cc1. The minimum absolute atomic E-state index is 0.242. The fraction of sp³-hybridized carbons (Fsp3) is 0.333. The van der Waals surface area contributed by atoms with E-state index < -0.39 is 11.9 Å². The quantitative estimate of drug-likeness (QED) is 0.539. The minimum atomic E-state index is -0.842. The molecule has 5 nitrogen and oxygen atoms in total. The maximum atomic E-state index is 13.0. The highest BCUT2D eigenvalue weighted by molar-refractivity contribution is 6.11. The number of benzene rings is 2. The van der Waals surface area contributed by atoms with Crippen LogP contribution >= 0.6 is 0 Å². The van der Waals surface area contributed by atoms with Crippen molar-refractivity contribution < 1.29 is 23.8 Å². The Labute approximate surface area is 171 Å². The average molecular weight is 394 g/mol. The summed E-state index contributed by atoms with van der Waals surface area (Å²) in [6, 6.07) is 13.5. The zero-order valence-electron chi connectivity index (χ0n) is 17.2. The first-order chi connectivity index (χ1) is 14.0. The van der Waals surface area contributed by atoms with E-state index in [0.29, 0.717) is 17.9 Å². The normalized spacial score (nSPS) is 18.8. The van der Waals surface area contributed by atoms with Crippen molar-refractivity contribution in [2.24, 2.45) is 5.92 Å². The Balaban J connectivity index is 2.05. The molecule has 1 aliphatic carbocycles. The van der Waals surface area contributed by atoms with Gasteiger partial charge in [0.2, 0.25) is 0 Å². The van der Waals surface area contributed by atoms with Crippen LogP contribution in [-0.4, -0.2) is 32.6 Å². The van der Waals surface area contributed by atoms with Crippen LogP contribution in [0.2, 0.25) is 0 Å². The second-order valence-corrected chi connectivity index (χ2v) is 7.09. The molecule has 2 atom stereocenters. The van der Waals surface area contributed by atoms with Crippen LogP contribution in [-0.2, 0) is 14.3 Å². The van der Waals surface area contributed by atoms with Gasteiger partial charge >= 0.3 is 5.97 Å². The van der Waals surface area contributed by atoms with Crippen LogP contribution in [0.3, 0.4) is 0 Å². The van der Waals surface area contributed by atoms with Crippen molar-refractivity contribution in [3.63, 3.8) is 0 Å². The summed E-state index contributed by atoms with van der Waals surface area (Å²) < 4.78 is 16.0. The van der Waals surface area contributed by atoms with Gasteiger partial charge in [-0.3, -0.25) is 9.59 Å². The van der Waals surface area contributed by atoms with Crippen molar-refractivity contribution in [3.8, 4) is 11.5 Å². The van der Waals surface area contributed by atoms with Gasteiger partial charge in [0.15, 0.2) is 5.78 Å². The lowest BCUT2D eigenvalue weighted by Crippen LogP contribution is -2.34. The number of esters is 1. The first kappa shape index (κ1) is 20.6. The molecule has 29 heavy (non-hydrogen) atoms. The zero-order chi connectivity index (χ0) is 21.0. The molecule has 5 heteroatoms. The molecule has 0 radical (unpaired) electrons. The first-order valence-electron chi connectivity index (χ1n) is 9.68. The molecule has 0 heterocycles. The number of hydrogen-bond acceptors (Lipinski definition) is 5. The Kier molecular flexibility index (Phi) is 6.37. The maximum absolute atomic E-state index is 13.0. The summed E-state index contributed by atoms with van der Waals surface area (Å²) in [6.45, 7) is 3.99. The van der Waals surface area contributed by atoms with Crippen LogP contribution < -0.4 is 9.47 Å². The van der Waals surface area contributed by atoms with Gasteiger partial charge in [0, 0.05) is 17.5 Å². The second-order valence-electron chi connectivity index (χ2n) is 7.09. The zero-order valence-corrected chi connectivity index (χ0v) is 17.2. The number of carbonyl (C=O) groups excluding carboxylic acids is 2. The summed E-state index contributed by atoms with van der Waals surface area (Å²) in [5, 5.41) is 0. The van der Waals surface area contributed by atoms with Gasteiger partial charge in [-0.1, -0.05) is 29.8 Å². The molecule has 2 aromatic rings. The van der Waals surface area contributed by atoms with Gasteiger partial charge in [-0.2, -0.15) is 0 Å². The van der Waals surface area contributed by atoms with Crippen LogP contribution in [0.25, 0.3) is 5.57 Å². The first-order valence-corrected chi connectivity index (χ1v) is 9.68. The van der Waals surface area contributed by atoms with Crippen molar-refractivity contribution in [3.05, 3.63) is 65.2 Å². The molecule has 0 aliphatic heterocycles. The second kappa shape index (κ2) is 8.95. The van der Waals surface area contributed by atoms with E-state index in [1.807, 2.05) is 43.3 Å². The molecular weight excluding hydrogens is 368 g/mol. The highest BCUT2D eigenvalue weighted by Crippen LogP contribution is 2.43. The van der Waals surface area contributed by atoms with Gasteiger partial charge in [0.1, 0.15) is 17.4 Å². The largest absolute Gasteiger partial charge is 0.497 e. The maximum Gasteiger partial charge on any atom is 0.317 e. The summed E-state index contributed by atoms with van der Waals surface area (Å²) in [6.07, 6.45) is 2.08. The van der Waals surface area contributed by atoms with E-state index in [4.69, 9.17) is 14.2 Å². The molecule has 0 bridgehead atoms. The molecule has 0 N–H and O–H groups in total. The predicted octanol–water partition coefficient (Wildman–Crippen LogP) is 4.33. The van der Waals surface area contributed by atoms with E-state index >= 15 is 0 Å². The van der Waals surface area contributed by atoms with Crippen LogP contribution in [0.4, 0.5) is 0 Å². The van der Waals surface area contributed by atoms with Crippen molar-refractivity contribution in [1.29, 1.82) is 0 Å². The van der Waals surface area contributed by atoms with Crippen LogP contribution in [0.5, 0.6) is 11.5 Å². The molecule has 3 rings (SSSR count). The van der Waals surface area contributed by atoms with Crippen LogP contribution in [0, 0.1) is 12.8 Å². The molecule has 1 aliphatic rings. The molecule has 152 valence electrons. The lowest BCUT2D eigenvalue weighted by atomic mass is 9.73. The Morgan fingerprint density at radius 2 is 1.79 bits per heavy atom.